The maximum atomic E-state index is 11.2. The SMILES string of the molecule is CCOCCN(C(=O)O)c1nc2ccccc2[nH]1. The standard InChI is InChI=1S/C12H15N3O3/c1-2-18-8-7-15(12(16)17)11-13-9-5-3-4-6-10(9)14-11/h3-6H,2,7-8H2,1H3,(H,13,14)(H,16,17). The number of carbonyl (C=O) groups is 1. The number of rotatable bonds is 5. The molecule has 6 heteroatoms. The van der Waals surface area contributed by atoms with Crippen molar-refractivity contribution < 1.29 is 14.6 Å². The molecule has 2 aromatic rings. The molecule has 0 unspecified atom stereocenters. The van der Waals surface area contributed by atoms with Crippen LogP contribution in [0, 0.1) is 0 Å². The Labute approximate surface area is 104 Å². The molecular weight excluding hydrogens is 234 g/mol. The second-order valence-corrected chi connectivity index (χ2v) is 3.71. The average Bonchev–Trinajstić information content (AvgIpc) is 2.77. The van der Waals surface area contributed by atoms with Gasteiger partial charge in [0.2, 0.25) is 5.95 Å². The molecule has 1 heterocycles. The number of fused-ring (bicyclic) bond motifs is 1. The van der Waals surface area contributed by atoms with Crippen LogP contribution < -0.4 is 4.90 Å². The highest BCUT2D eigenvalue weighted by Gasteiger charge is 2.17. The Bertz CT molecular complexity index is 505. The average molecular weight is 249 g/mol. The van der Waals surface area contributed by atoms with Crippen LogP contribution in [0.2, 0.25) is 0 Å². The molecule has 0 bridgehead atoms. The molecule has 1 aromatic carbocycles. The number of aromatic amines is 1. The maximum absolute atomic E-state index is 11.2. The molecule has 0 atom stereocenters. The van der Waals surface area contributed by atoms with Gasteiger partial charge in [0.25, 0.3) is 0 Å². The van der Waals surface area contributed by atoms with Crippen molar-refractivity contribution in [3.63, 3.8) is 0 Å². The van der Waals surface area contributed by atoms with Crippen LogP contribution in [0.4, 0.5) is 10.7 Å². The summed E-state index contributed by atoms with van der Waals surface area (Å²) in [6.45, 7) is 3.03. The third kappa shape index (κ3) is 2.60. The van der Waals surface area contributed by atoms with Gasteiger partial charge in [-0.1, -0.05) is 12.1 Å². The van der Waals surface area contributed by atoms with Gasteiger partial charge in [-0.05, 0) is 19.1 Å². The Morgan fingerprint density at radius 1 is 1.50 bits per heavy atom. The molecule has 0 radical (unpaired) electrons. The first-order valence-electron chi connectivity index (χ1n) is 5.75. The second kappa shape index (κ2) is 5.50. The number of nitrogens with one attached hydrogen (secondary N) is 1. The van der Waals surface area contributed by atoms with Crippen molar-refractivity contribution in [3.05, 3.63) is 24.3 Å². The van der Waals surface area contributed by atoms with E-state index >= 15 is 0 Å². The van der Waals surface area contributed by atoms with E-state index in [0.717, 1.165) is 15.9 Å². The molecule has 6 nitrogen and oxygen atoms in total. The van der Waals surface area contributed by atoms with E-state index in [1.54, 1.807) is 0 Å². The molecule has 0 spiro atoms. The third-order valence-electron chi connectivity index (χ3n) is 2.53. The minimum atomic E-state index is -1.05. The first kappa shape index (κ1) is 12.4. The van der Waals surface area contributed by atoms with Gasteiger partial charge in [-0.3, -0.25) is 0 Å². The molecule has 0 saturated heterocycles. The number of ether oxygens (including phenoxy) is 1. The molecule has 0 saturated carbocycles. The summed E-state index contributed by atoms with van der Waals surface area (Å²) in [6.07, 6.45) is -1.05. The van der Waals surface area contributed by atoms with E-state index in [1.807, 2.05) is 31.2 Å². The topological polar surface area (TPSA) is 78.4 Å². The number of benzene rings is 1. The molecule has 0 aliphatic heterocycles. The minimum Gasteiger partial charge on any atom is -0.465 e. The van der Waals surface area contributed by atoms with Gasteiger partial charge in [0, 0.05) is 6.61 Å². The normalized spacial score (nSPS) is 10.7. The van der Waals surface area contributed by atoms with Crippen molar-refractivity contribution in [2.75, 3.05) is 24.7 Å². The predicted octanol–water partition coefficient (Wildman–Crippen LogP) is 2.08. The van der Waals surface area contributed by atoms with Crippen molar-refractivity contribution in [2.45, 2.75) is 6.92 Å². The van der Waals surface area contributed by atoms with Gasteiger partial charge in [-0.2, -0.15) is 0 Å². The summed E-state index contributed by atoms with van der Waals surface area (Å²) in [7, 11) is 0. The van der Waals surface area contributed by atoms with Gasteiger partial charge in [-0.15, -0.1) is 0 Å². The van der Waals surface area contributed by atoms with Crippen LogP contribution in [-0.2, 0) is 4.74 Å². The lowest BCUT2D eigenvalue weighted by molar-refractivity contribution is 0.150. The fourth-order valence-electron chi connectivity index (χ4n) is 1.66. The van der Waals surface area contributed by atoms with Gasteiger partial charge in [0.1, 0.15) is 0 Å². The molecule has 2 N–H and O–H groups in total. The number of para-hydroxylation sites is 2. The summed E-state index contributed by atoms with van der Waals surface area (Å²) in [5.74, 6) is 0.323. The maximum Gasteiger partial charge on any atom is 0.414 e. The minimum absolute atomic E-state index is 0.253. The van der Waals surface area contributed by atoms with Crippen molar-refractivity contribution >= 4 is 23.1 Å². The predicted molar refractivity (Wildman–Crippen MR) is 68.0 cm³/mol. The molecule has 1 amide bonds. The largest absolute Gasteiger partial charge is 0.465 e. The van der Waals surface area contributed by atoms with Gasteiger partial charge in [0.05, 0.1) is 24.2 Å². The van der Waals surface area contributed by atoms with Crippen LogP contribution >= 0.6 is 0 Å². The van der Waals surface area contributed by atoms with E-state index in [4.69, 9.17) is 9.84 Å². The van der Waals surface area contributed by atoms with Crippen LogP contribution in [0.15, 0.2) is 24.3 Å². The number of anilines is 1. The van der Waals surface area contributed by atoms with Crippen molar-refractivity contribution in [1.82, 2.24) is 9.97 Å². The smallest absolute Gasteiger partial charge is 0.414 e. The van der Waals surface area contributed by atoms with Crippen molar-refractivity contribution in [1.29, 1.82) is 0 Å². The fourth-order valence-corrected chi connectivity index (χ4v) is 1.66. The lowest BCUT2D eigenvalue weighted by Crippen LogP contribution is -2.33. The first-order valence-corrected chi connectivity index (χ1v) is 5.75. The molecule has 1 aromatic heterocycles. The summed E-state index contributed by atoms with van der Waals surface area (Å²) in [4.78, 5) is 19.6. The van der Waals surface area contributed by atoms with Crippen molar-refractivity contribution in [2.24, 2.45) is 0 Å². The highest BCUT2D eigenvalue weighted by molar-refractivity contribution is 5.87. The molecule has 96 valence electrons. The molecule has 0 aliphatic rings. The summed E-state index contributed by atoms with van der Waals surface area (Å²) >= 11 is 0. The highest BCUT2D eigenvalue weighted by atomic mass is 16.5. The highest BCUT2D eigenvalue weighted by Crippen LogP contribution is 2.16. The molecular formula is C12H15N3O3. The Morgan fingerprint density at radius 3 is 2.94 bits per heavy atom. The zero-order chi connectivity index (χ0) is 13.0. The lowest BCUT2D eigenvalue weighted by atomic mass is 10.3. The number of imidazole rings is 1. The van der Waals surface area contributed by atoms with E-state index in [9.17, 15) is 4.79 Å². The second-order valence-electron chi connectivity index (χ2n) is 3.71. The summed E-state index contributed by atoms with van der Waals surface area (Å²) in [5.41, 5.74) is 1.56. The number of aromatic nitrogens is 2. The van der Waals surface area contributed by atoms with Crippen LogP contribution in [0.25, 0.3) is 11.0 Å². The van der Waals surface area contributed by atoms with Crippen LogP contribution in [-0.4, -0.2) is 40.9 Å². The number of carboxylic acid groups (broad SMARTS) is 1. The zero-order valence-corrected chi connectivity index (χ0v) is 10.1. The quantitative estimate of drug-likeness (QED) is 0.795. The van der Waals surface area contributed by atoms with Gasteiger partial charge in [0.15, 0.2) is 0 Å². The van der Waals surface area contributed by atoms with Crippen LogP contribution in [0.5, 0.6) is 0 Å². The third-order valence-corrected chi connectivity index (χ3v) is 2.53. The Hall–Kier alpha value is -2.08. The zero-order valence-electron chi connectivity index (χ0n) is 10.1. The summed E-state index contributed by atoms with van der Waals surface area (Å²) in [5, 5.41) is 9.16. The van der Waals surface area contributed by atoms with E-state index < -0.39 is 6.09 Å². The van der Waals surface area contributed by atoms with E-state index in [0.29, 0.717) is 19.2 Å². The van der Waals surface area contributed by atoms with E-state index in [1.165, 1.54) is 0 Å². The first-order chi connectivity index (χ1) is 8.72. The number of nitrogens with zero attached hydrogens (tertiary/aromatic N) is 2. The van der Waals surface area contributed by atoms with E-state index in [-0.39, 0.29) is 6.54 Å². The van der Waals surface area contributed by atoms with Crippen molar-refractivity contribution in [3.8, 4) is 0 Å². The Morgan fingerprint density at radius 2 is 2.28 bits per heavy atom. The Balaban J connectivity index is 2.21. The fraction of sp³-hybridized carbons (Fsp3) is 0.333. The van der Waals surface area contributed by atoms with Gasteiger partial charge < -0.3 is 14.8 Å². The number of hydrogen-bond donors (Lipinski definition) is 2. The molecule has 0 aliphatic carbocycles. The van der Waals surface area contributed by atoms with Gasteiger partial charge >= 0.3 is 6.09 Å². The van der Waals surface area contributed by atoms with Gasteiger partial charge in [-0.25, -0.2) is 14.7 Å². The number of amides is 1. The lowest BCUT2D eigenvalue weighted by Gasteiger charge is -2.15. The summed E-state index contributed by atoms with van der Waals surface area (Å²) in [6, 6.07) is 7.42. The Kier molecular flexibility index (Phi) is 3.78. The molecule has 2 rings (SSSR count). The van der Waals surface area contributed by atoms with E-state index in [2.05, 4.69) is 9.97 Å². The number of H-pyrrole nitrogens is 1. The monoisotopic (exact) mass is 249 g/mol. The molecule has 0 fully saturated rings. The van der Waals surface area contributed by atoms with Crippen LogP contribution in [0.1, 0.15) is 6.92 Å². The van der Waals surface area contributed by atoms with Crippen LogP contribution in [0.3, 0.4) is 0 Å². The number of hydrogen-bond acceptors (Lipinski definition) is 3. The molecule has 18 heavy (non-hydrogen) atoms. The summed E-state index contributed by atoms with van der Waals surface area (Å²) < 4.78 is 5.16.